The van der Waals surface area contributed by atoms with E-state index in [2.05, 4.69) is 15.3 Å². The van der Waals surface area contributed by atoms with Gasteiger partial charge >= 0.3 is 12.1 Å². The molecule has 0 saturated heterocycles. The summed E-state index contributed by atoms with van der Waals surface area (Å²) >= 11 is 0. The minimum absolute atomic E-state index is 0.00860. The lowest BCUT2D eigenvalue weighted by molar-refractivity contribution is -0.145. The summed E-state index contributed by atoms with van der Waals surface area (Å²) < 4.78 is 37.3. The molecule has 0 bridgehead atoms. The molecule has 6 nitrogen and oxygen atoms in total. The molecule has 0 aliphatic rings. The molecule has 2 N–H and O–H groups in total. The minimum Gasteiger partial charge on any atom is -0.481 e. The number of aryl methyl sites for hydroxylation is 1. The molecule has 0 fully saturated rings. The number of aliphatic carboxylic acids is 1. The van der Waals surface area contributed by atoms with Crippen molar-refractivity contribution in [1.29, 1.82) is 0 Å². The highest BCUT2D eigenvalue weighted by Gasteiger charge is 2.35. The number of carbonyl (C=O) groups excluding carboxylic acids is 1. The van der Waals surface area contributed by atoms with Crippen LogP contribution in [0.5, 0.6) is 0 Å². The fourth-order valence-electron chi connectivity index (χ4n) is 1.19. The second-order valence-corrected chi connectivity index (χ2v) is 3.62. The van der Waals surface area contributed by atoms with Gasteiger partial charge in [-0.25, -0.2) is 9.97 Å². The number of aromatic nitrogens is 2. The van der Waals surface area contributed by atoms with E-state index in [9.17, 15) is 22.8 Å². The van der Waals surface area contributed by atoms with Gasteiger partial charge in [0.05, 0.1) is 6.42 Å². The summed E-state index contributed by atoms with van der Waals surface area (Å²) in [6, 6.07) is 1.09. The van der Waals surface area contributed by atoms with Gasteiger partial charge in [0.1, 0.15) is 5.69 Å². The molecule has 0 saturated carbocycles. The molecule has 0 aromatic carbocycles. The minimum atomic E-state index is -4.75. The number of halogens is 3. The van der Waals surface area contributed by atoms with Gasteiger partial charge in [-0.1, -0.05) is 0 Å². The first-order valence-corrected chi connectivity index (χ1v) is 5.13. The maximum Gasteiger partial charge on any atom is 0.451 e. The monoisotopic (exact) mass is 277 g/mol. The first kappa shape index (κ1) is 14.9. The van der Waals surface area contributed by atoms with E-state index < -0.39 is 29.6 Å². The molecular formula is C10H10F3N3O3. The quantitative estimate of drug-likeness (QED) is 0.856. The second kappa shape index (κ2) is 5.63. The Hall–Kier alpha value is -2.19. The molecule has 1 aromatic rings. The number of amides is 1. The molecule has 0 radical (unpaired) electrons. The fraction of sp³-hybridized carbons (Fsp3) is 0.400. The molecule has 0 aliphatic carbocycles. The summed E-state index contributed by atoms with van der Waals surface area (Å²) in [6.45, 7) is 1.10. The van der Waals surface area contributed by atoms with Crippen molar-refractivity contribution in [3.8, 4) is 0 Å². The molecule has 19 heavy (non-hydrogen) atoms. The SMILES string of the molecule is Cc1cc(C(=O)NCCC(=O)O)nc(C(F)(F)F)n1. The summed E-state index contributed by atoms with van der Waals surface area (Å²) in [5.74, 6) is -3.41. The molecular weight excluding hydrogens is 267 g/mol. The van der Waals surface area contributed by atoms with Gasteiger partial charge in [0.25, 0.3) is 5.91 Å². The number of carboxylic acids is 1. The molecule has 1 rings (SSSR count). The van der Waals surface area contributed by atoms with Gasteiger partial charge in [0.2, 0.25) is 5.82 Å². The lowest BCUT2D eigenvalue weighted by Crippen LogP contribution is -2.28. The van der Waals surface area contributed by atoms with E-state index in [1.54, 1.807) is 0 Å². The molecule has 0 aliphatic heterocycles. The topological polar surface area (TPSA) is 92.2 Å². The molecule has 104 valence electrons. The maximum atomic E-state index is 12.4. The van der Waals surface area contributed by atoms with Crippen molar-refractivity contribution in [2.45, 2.75) is 19.5 Å². The van der Waals surface area contributed by atoms with Crippen LogP contribution in [0.1, 0.15) is 28.4 Å². The van der Waals surface area contributed by atoms with Gasteiger partial charge in [0.15, 0.2) is 0 Å². The van der Waals surface area contributed by atoms with Gasteiger partial charge in [-0.15, -0.1) is 0 Å². The average Bonchev–Trinajstić information content (AvgIpc) is 2.26. The predicted octanol–water partition coefficient (Wildman–Crippen LogP) is 1.01. The molecule has 1 amide bonds. The van der Waals surface area contributed by atoms with Crippen LogP contribution in [0.3, 0.4) is 0 Å². The highest BCUT2D eigenvalue weighted by molar-refractivity contribution is 5.92. The lowest BCUT2D eigenvalue weighted by Gasteiger charge is -2.08. The molecule has 1 aromatic heterocycles. The molecule has 0 unspecified atom stereocenters. The second-order valence-electron chi connectivity index (χ2n) is 3.62. The van der Waals surface area contributed by atoms with Crippen molar-refractivity contribution in [2.24, 2.45) is 0 Å². The van der Waals surface area contributed by atoms with E-state index in [1.165, 1.54) is 6.92 Å². The van der Waals surface area contributed by atoms with Crippen molar-refractivity contribution in [3.63, 3.8) is 0 Å². The molecule has 1 heterocycles. The largest absolute Gasteiger partial charge is 0.481 e. The van der Waals surface area contributed by atoms with Crippen LogP contribution in [0.2, 0.25) is 0 Å². The smallest absolute Gasteiger partial charge is 0.451 e. The Balaban J connectivity index is 2.86. The van der Waals surface area contributed by atoms with Crippen LogP contribution in [0, 0.1) is 6.92 Å². The number of carboxylic acid groups (broad SMARTS) is 1. The Bertz CT molecular complexity index is 503. The van der Waals surface area contributed by atoms with Crippen LogP contribution in [-0.4, -0.2) is 33.5 Å². The standard InChI is InChI=1S/C10H10F3N3O3/c1-5-4-6(8(19)14-3-2-7(17)18)16-9(15-5)10(11,12)13/h4H,2-3H2,1H3,(H,14,19)(H,17,18). The number of hydrogen-bond donors (Lipinski definition) is 2. The van der Waals surface area contributed by atoms with Crippen LogP contribution in [0.15, 0.2) is 6.07 Å². The van der Waals surface area contributed by atoms with Gasteiger partial charge in [-0.2, -0.15) is 13.2 Å². The Kier molecular flexibility index (Phi) is 4.41. The zero-order chi connectivity index (χ0) is 14.6. The number of carbonyl (C=O) groups is 2. The van der Waals surface area contributed by atoms with Crippen molar-refractivity contribution in [1.82, 2.24) is 15.3 Å². The zero-order valence-corrected chi connectivity index (χ0v) is 9.78. The molecule has 0 atom stereocenters. The summed E-state index contributed by atoms with van der Waals surface area (Å²) in [7, 11) is 0. The van der Waals surface area contributed by atoms with Crippen LogP contribution in [0.25, 0.3) is 0 Å². The third-order valence-corrected chi connectivity index (χ3v) is 1.96. The first-order valence-electron chi connectivity index (χ1n) is 5.13. The number of alkyl halides is 3. The Labute approximate surface area is 105 Å². The van der Waals surface area contributed by atoms with E-state index in [0.717, 1.165) is 6.07 Å². The van der Waals surface area contributed by atoms with Crippen molar-refractivity contribution >= 4 is 11.9 Å². The van der Waals surface area contributed by atoms with Crippen LogP contribution in [0.4, 0.5) is 13.2 Å². The van der Waals surface area contributed by atoms with E-state index >= 15 is 0 Å². The number of hydrogen-bond acceptors (Lipinski definition) is 4. The van der Waals surface area contributed by atoms with E-state index in [-0.39, 0.29) is 18.7 Å². The zero-order valence-electron chi connectivity index (χ0n) is 9.78. The molecule has 9 heteroatoms. The van der Waals surface area contributed by atoms with Crippen molar-refractivity contribution < 1.29 is 27.9 Å². The summed E-state index contributed by atoms with van der Waals surface area (Å²) in [6.07, 6.45) is -5.08. The predicted molar refractivity (Wildman–Crippen MR) is 56.4 cm³/mol. The van der Waals surface area contributed by atoms with Crippen LogP contribution >= 0.6 is 0 Å². The fourth-order valence-corrected chi connectivity index (χ4v) is 1.19. The van der Waals surface area contributed by atoms with Gasteiger partial charge < -0.3 is 10.4 Å². The number of nitrogens with one attached hydrogen (secondary N) is 1. The summed E-state index contributed by atoms with van der Waals surface area (Å²) in [4.78, 5) is 28.0. The van der Waals surface area contributed by atoms with Gasteiger partial charge in [0, 0.05) is 12.2 Å². The summed E-state index contributed by atoms with van der Waals surface area (Å²) in [5, 5.41) is 10.5. The Morgan fingerprint density at radius 1 is 1.37 bits per heavy atom. The summed E-state index contributed by atoms with van der Waals surface area (Å²) in [5.41, 5.74) is -0.462. The first-order chi connectivity index (χ1) is 8.70. The third kappa shape index (κ3) is 4.53. The normalized spacial score (nSPS) is 11.2. The number of nitrogens with zero attached hydrogens (tertiary/aromatic N) is 2. The molecule has 0 spiro atoms. The average molecular weight is 277 g/mol. The van der Waals surface area contributed by atoms with Crippen LogP contribution in [-0.2, 0) is 11.0 Å². The number of rotatable bonds is 4. The van der Waals surface area contributed by atoms with E-state index in [1.807, 2.05) is 0 Å². The highest BCUT2D eigenvalue weighted by atomic mass is 19.4. The maximum absolute atomic E-state index is 12.4. The van der Waals surface area contributed by atoms with Crippen molar-refractivity contribution in [2.75, 3.05) is 6.54 Å². The van der Waals surface area contributed by atoms with E-state index in [4.69, 9.17) is 5.11 Å². The van der Waals surface area contributed by atoms with Gasteiger partial charge in [-0.3, -0.25) is 9.59 Å². The lowest BCUT2D eigenvalue weighted by atomic mass is 10.3. The Morgan fingerprint density at radius 3 is 2.53 bits per heavy atom. The van der Waals surface area contributed by atoms with Crippen LogP contribution < -0.4 is 5.32 Å². The highest BCUT2D eigenvalue weighted by Crippen LogP contribution is 2.26. The van der Waals surface area contributed by atoms with Crippen molar-refractivity contribution in [3.05, 3.63) is 23.3 Å². The van der Waals surface area contributed by atoms with Gasteiger partial charge in [-0.05, 0) is 13.0 Å². The van der Waals surface area contributed by atoms with E-state index in [0.29, 0.717) is 0 Å². The third-order valence-electron chi connectivity index (χ3n) is 1.96. The Morgan fingerprint density at radius 2 is 2.00 bits per heavy atom.